The van der Waals surface area contributed by atoms with E-state index >= 15 is 0 Å². The molecule has 5 rings (SSSR count). The van der Waals surface area contributed by atoms with Crippen LogP contribution in [-0.2, 0) is 17.6 Å². The summed E-state index contributed by atoms with van der Waals surface area (Å²) in [5.41, 5.74) is 5.32. The summed E-state index contributed by atoms with van der Waals surface area (Å²) < 4.78 is 13.4. The van der Waals surface area contributed by atoms with E-state index in [1.807, 2.05) is 12.1 Å². The number of H-pyrrole nitrogens is 1. The summed E-state index contributed by atoms with van der Waals surface area (Å²) in [6.07, 6.45) is 6.26. The van der Waals surface area contributed by atoms with Gasteiger partial charge >= 0.3 is 0 Å². The predicted molar refractivity (Wildman–Crippen MR) is 112 cm³/mol. The third-order valence-electron chi connectivity index (χ3n) is 5.83. The first kappa shape index (κ1) is 18.7. The van der Waals surface area contributed by atoms with Crippen LogP contribution in [0.4, 0.5) is 10.2 Å². The third-order valence-corrected chi connectivity index (χ3v) is 5.83. The number of carbonyl (C=O) groups is 2. The zero-order chi connectivity index (χ0) is 20.7. The number of pyridine rings is 1. The van der Waals surface area contributed by atoms with Gasteiger partial charge in [-0.2, -0.15) is 0 Å². The highest BCUT2D eigenvalue weighted by molar-refractivity contribution is 6.01. The molecule has 6 heteroatoms. The van der Waals surface area contributed by atoms with Gasteiger partial charge < -0.3 is 10.3 Å². The smallest absolute Gasteiger partial charge is 0.228 e. The molecule has 2 aromatic heterocycles. The lowest BCUT2D eigenvalue weighted by molar-refractivity contribution is -0.117. The molecule has 3 aromatic rings. The van der Waals surface area contributed by atoms with Crippen LogP contribution in [0.5, 0.6) is 0 Å². The van der Waals surface area contributed by atoms with Crippen LogP contribution in [0.15, 0.2) is 42.6 Å². The van der Waals surface area contributed by atoms with E-state index in [1.165, 1.54) is 12.1 Å². The van der Waals surface area contributed by atoms with Crippen molar-refractivity contribution in [2.75, 3.05) is 5.32 Å². The van der Waals surface area contributed by atoms with Crippen molar-refractivity contribution in [3.8, 4) is 11.3 Å². The third kappa shape index (κ3) is 3.65. The molecule has 0 bridgehead atoms. The summed E-state index contributed by atoms with van der Waals surface area (Å²) in [7, 11) is 0. The summed E-state index contributed by atoms with van der Waals surface area (Å²) in [6.45, 7) is 0. The maximum absolute atomic E-state index is 13.4. The largest absolute Gasteiger partial charge is 0.358 e. The maximum Gasteiger partial charge on any atom is 0.228 e. The van der Waals surface area contributed by atoms with Crippen LogP contribution in [0.2, 0.25) is 0 Å². The second-order valence-corrected chi connectivity index (χ2v) is 8.11. The highest BCUT2D eigenvalue weighted by atomic mass is 19.1. The van der Waals surface area contributed by atoms with E-state index < -0.39 is 0 Å². The maximum atomic E-state index is 13.4. The summed E-state index contributed by atoms with van der Waals surface area (Å²) >= 11 is 0. The molecule has 1 fully saturated rings. The zero-order valence-electron chi connectivity index (χ0n) is 16.5. The first-order chi connectivity index (χ1) is 14.6. The molecular formula is C24H22FN3O2. The van der Waals surface area contributed by atoms with Gasteiger partial charge in [-0.25, -0.2) is 9.37 Å². The molecule has 0 radical (unpaired) electrons. The van der Waals surface area contributed by atoms with Crippen LogP contribution in [0.3, 0.4) is 0 Å². The standard InChI is InChI=1S/C24H22FN3O2/c25-17-8-4-14(5-9-17)12-18-22-19(2-1-3-20(22)29)27-23(18)16-10-11-26-21(13-16)28-24(30)15-6-7-15/h4-5,8-11,13,15,27H,1-3,6-7,12H2,(H,26,28,30). The summed E-state index contributed by atoms with van der Waals surface area (Å²) in [5.74, 6) is 0.478. The fourth-order valence-electron chi connectivity index (χ4n) is 4.13. The highest BCUT2D eigenvalue weighted by Gasteiger charge is 2.30. The number of aryl methyl sites for hydroxylation is 1. The van der Waals surface area contributed by atoms with Crippen LogP contribution < -0.4 is 5.32 Å². The van der Waals surface area contributed by atoms with Crippen molar-refractivity contribution in [3.05, 3.63) is 70.8 Å². The number of hydrogen-bond donors (Lipinski definition) is 2. The monoisotopic (exact) mass is 403 g/mol. The molecule has 1 saturated carbocycles. The minimum atomic E-state index is -0.281. The Balaban J connectivity index is 1.55. The number of hydrogen-bond acceptors (Lipinski definition) is 3. The van der Waals surface area contributed by atoms with Crippen molar-refractivity contribution in [1.82, 2.24) is 9.97 Å². The van der Waals surface area contributed by atoms with Gasteiger partial charge in [-0.15, -0.1) is 0 Å². The molecule has 0 unspecified atom stereocenters. The van der Waals surface area contributed by atoms with E-state index in [9.17, 15) is 14.0 Å². The molecular weight excluding hydrogens is 381 g/mol. The van der Waals surface area contributed by atoms with E-state index in [4.69, 9.17) is 0 Å². The number of Topliss-reactive ketones (excluding diaryl/α,β-unsaturated/α-hetero) is 1. The van der Waals surface area contributed by atoms with E-state index in [1.54, 1.807) is 18.3 Å². The van der Waals surface area contributed by atoms with Gasteiger partial charge in [0.2, 0.25) is 5.91 Å². The summed E-state index contributed by atoms with van der Waals surface area (Å²) in [4.78, 5) is 32.6. The number of carbonyl (C=O) groups excluding carboxylic acids is 2. The van der Waals surface area contributed by atoms with Crippen LogP contribution in [0.25, 0.3) is 11.3 Å². The summed E-state index contributed by atoms with van der Waals surface area (Å²) in [5, 5.41) is 2.89. The van der Waals surface area contributed by atoms with Crippen LogP contribution >= 0.6 is 0 Å². The molecule has 30 heavy (non-hydrogen) atoms. The number of aromatic amines is 1. The number of nitrogens with zero attached hydrogens (tertiary/aromatic N) is 1. The number of amides is 1. The first-order valence-corrected chi connectivity index (χ1v) is 10.4. The van der Waals surface area contributed by atoms with Crippen molar-refractivity contribution in [2.45, 2.75) is 38.5 Å². The Kier molecular flexibility index (Phi) is 4.69. The molecule has 5 nitrogen and oxygen atoms in total. The number of aromatic nitrogens is 2. The Morgan fingerprint density at radius 1 is 1.17 bits per heavy atom. The van der Waals surface area contributed by atoms with Gasteiger partial charge in [0.1, 0.15) is 11.6 Å². The molecule has 0 saturated heterocycles. The number of fused-ring (bicyclic) bond motifs is 1. The fraction of sp³-hybridized carbons (Fsp3) is 0.292. The number of anilines is 1. The van der Waals surface area contributed by atoms with E-state index in [0.29, 0.717) is 18.7 Å². The van der Waals surface area contributed by atoms with Crippen LogP contribution in [0.1, 0.15) is 52.9 Å². The second-order valence-electron chi connectivity index (χ2n) is 8.11. The Morgan fingerprint density at radius 2 is 1.97 bits per heavy atom. The molecule has 2 N–H and O–H groups in total. The lowest BCUT2D eigenvalue weighted by Crippen LogP contribution is -2.14. The van der Waals surface area contributed by atoms with Crippen LogP contribution in [-0.4, -0.2) is 21.7 Å². The average molecular weight is 403 g/mol. The molecule has 0 atom stereocenters. The van der Waals surface area contributed by atoms with Crippen molar-refractivity contribution in [1.29, 1.82) is 0 Å². The number of rotatable bonds is 5. The number of ketones is 1. The van der Waals surface area contributed by atoms with Gasteiger partial charge in [-0.05, 0) is 61.1 Å². The molecule has 0 spiro atoms. The Hall–Kier alpha value is -3.28. The number of nitrogens with one attached hydrogen (secondary N) is 2. The lowest BCUT2D eigenvalue weighted by Gasteiger charge is -2.12. The molecule has 2 aliphatic rings. The molecule has 0 aliphatic heterocycles. The Morgan fingerprint density at radius 3 is 2.73 bits per heavy atom. The molecule has 1 amide bonds. The van der Waals surface area contributed by atoms with Crippen molar-refractivity contribution in [3.63, 3.8) is 0 Å². The minimum absolute atomic E-state index is 0.00661. The predicted octanol–water partition coefficient (Wildman–Crippen LogP) is 4.67. The van der Waals surface area contributed by atoms with E-state index in [2.05, 4.69) is 15.3 Å². The van der Waals surface area contributed by atoms with Gasteiger partial charge in [0.05, 0.1) is 5.69 Å². The van der Waals surface area contributed by atoms with E-state index in [-0.39, 0.29) is 23.4 Å². The molecule has 1 aromatic carbocycles. The van der Waals surface area contributed by atoms with Gasteiger partial charge in [0, 0.05) is 41.8 Å². The van der Waals surface area contributed by atoms with Crippen molar-refractivity contribution < 1.29 is 14.0 Å². The molecule has 2 heterocycles. The second kappa shape index (κ2) is 7.52. The average Bonchev–Trinajstić information content (AvgIpc) is 3.53. The van der Waals surface area contributed by atoms with Crippen LogP contribution in [0, 0.1) is 11.7 Å². The van der Waals surface area contributed by atoms with Gasteiger partial charge in [-0.3, -0.25) is 9.59 Å². The van der Waals surface area contributed by atoms with E-state index in [0.717, 1.165) is 59.3 Å². The highest BCUT2D eigenvalue weighted by Crippen LogP contribution is 2.35. The first-order valence-electron chi connectivity index (χ1n) is 10.4. The zero-order valence-corrected chi connectivity index (χ0v) is 16.5. The van der Waals surface area contributed by atoms with Crippen molar-refractivity contribution in [2.24, 2.45) is 5.92 Å². The SMILES string of the molecule is O=C1CCCc2[nH]c(-c3ccnc(NC(=O)C4CC4)c3)c(Cc3ccc(F)cc3)c21. The van der Waals surface area contributed by atoms with Gasteiger partial charge in [0.25, 0.3) is 0 Å². The lowest BCUT2D eigenvalue weighted by atomic mass is 9.90. The topological polar surface area (TPSA) is 74.8 Å². The van der Waals surface area contributed by atoms with Gasteiger partial charge in [-0.1, -0.05) is 12.1 Å². The van der Waals surface area contributed by atoms with Crippen molar-refractivity contribution >= 4 is 17.5 Å². The molecule has 152 valence electrons. The molecule has 2 aliphatic carbocycles. The Labute approximate surface area is 173 Å². The minimum Gasteiger partial charge on any atom is -0.358 e. The van der Waals surface area contributed by atoms with Gasteiger partial charge in [0.15, 0.2) is 5.78 Å². The normalized spacial score (nSPS) is 15.7. The Bertz CT molecular complexity index is 1130. The fourth-order valence-corrected chi connectivity index (χ4v) is 4.13. The quantitative estimate of drug-likeness (QED) is 0.650. The summed E-state index contributed by atoms with van der Waals surface area (Å²) in [6, 6.07) is 10.1. The number of benzene rings is 1. The number of halogens is 1.